The van der Waals surface area contributed by atoms with E-state index in [4.69, 9.17) is 4.74 Å². The van der Waals surface area contributed by atoms with Crippen molar-refractivity contribution in [3.63, 3.8) is 0 Å². The molecule has 1 N–H and O–H groups in total. The predicted octanol–water partition coefficient (Wildman–Crippen LogP) is 7.62. The molecule has 0 fully saturated rings. The number of fused-ring (bicyclic) bond motifs is 1. The quantitative estimate of drug-likeness (QED) is 0.153. The molecule has 4 nitrogen and oxygen atoms in total. The molecule has 0 aliphatic heterocycles. The molecule has 188 valence electrons. The topological polar surface area (TPSA) is 50.7 Å². The molecule has 1 amide bonds. The van der Waals surface area contributed by atoms with Gasteiger partial charge < -0.3 is 4.74 Å². The average Bonchev–Trinajstić information content (AvgIpc) is 2.97. The summed E-state index contributed by atoms with van der Waals surface area (Å²) in [5, 5.41) is 6.52. The lowest BCUT2D eigenvalue weighted by molar-refractivity contribution is 0.0955. The molecule has 0 aliphatic rings. The largest absolute Gasteiger partial charge is 0.489 e. The Labute approximate surface area is 227 Å². The molecule has 0 unspecified atom stereocenters. The van der Waals surface area contributed by atoms with Gasteiger partial charge in [0.15, 0.2) is 0 Å². The van der Waals surface area contributed by atoms with E-state index in [9.17, 15) is 4.79 Å². The van der Waals surface area contributed by atoms with E-state index in [-0.39, 0.29) is 5.91 Å². The van der Waals surface area contributed by atoms with Gasteiger partial charge in [-0.1, -0.05) is 84.9 Å². The van der Waals surface area contributed by atoms with Crippen LogP contribution in [0.15, 0.2) is 126 Å². The van der Waals surface area contributed by atoms with Gasteiger partial charge in [-0.25, -0.2) is 5.43 Å². The number of hydrogen-bond donors (Lipinski definition) is 1. The molecule has 0 aromatic heterocycles. The number of hydrazone groups is 1. The van der Waals surface area contributed by atoms with E-state index in [0.717, 1.165) is 28.4 Å². The first-order chi connectivity index (χ1) is 18.7. The summed E-state index contributed by atoms with van der Waals surface area (Å²) in [5.74, 6) is 2.41. The first kappa shape index (κ1) is 25.3. The highest BCUT2D eigenvalue weighted by molar-refractivity contribution is 7.97. The summed E-state index contributed by atoms with van der Waals surface area (Å²) in [5.41, 5.74) is 7.70. The summed E-state index contributed by atoms with van der Waals surface area (Å²) in [6.45, 7) is 0.495. The molecule has 0 aliphatic carbocycles. The summed E-state index contributed by atoms with van der Waals surface area (Å²) in [6.07, 6.45) is 1.63. The number of carbonyl (C=O) groups excluding carboxylic acids is 1. The first-order valence-electron chi connectivity index (χ1n) is 12.5. The number of amides is 1. The van der Waals surface area contributed by atoms with Crippen molar-refractivity contribution in [3.05, 3.63) is 149 Å². The molecule has 38 heavy (non-hydrogen) atoms. The van der Waals surface area contributed by atoms with E-state index in [1.807, 2.05) is 78.5 Å². The van der Waals surface area contributed by atoms with Crippen LogP contribution in [0.3, 0.4) is 0 Å². The Bertz CT molecular complexity index is 1510. The molecule has 0 spiro atoms. The maximum Gasteiger partial charge on any atom is 0.271 e. The lowest BCUT2D eigenvalue weighted by Crippen LogP contribution is -2.17. The van der Waals surface area contributed by atoms with Crippen LogP contribution in [0.5, 0.6) is 5.75 Å². The zero-order valence-electron chi connectivity index (χ0n) is 20.9. The number of rotatable bonds is 10. The first-order valence-corrected chi connectivity index (χ1v) is 13.6. The van der Waals surface area contributed by atoms with Crippen LogP contribution in [0, 0.1) is 0 Å². The van der Waals surface area contributed by atoms with Crippen LogP contribution in [0.25, 0.3) is 10.8 Å². The minimum absolute atomic E-state index is 0.236. The molecular formula is C33H28N2O2S. The summed E-state index contributed by atoms with van der Waals surface area (Å²) in [7, 11) is 0. The van der Waals surface area contributed by atoms with Gasteiger partial charge >= 0.3 is 0 Å². The molecular weight excluding hydrogens is 488 g/mol. The van der Waals surface area contributed by atoms with E-state index in [2.05, 4.69) is 65.1 Å². The van der Waals surface area contributed by atoms with Crippen molar-refractivity contribution >= 4 is 34.7 Å². The number of thioether (sulfide) groups is 1. The predicted molar refractivity (Wildman–Crippen MR) is 158 cm³/mol. The number of nitrogens with zero attached hydrogens (tertiary/aromatic N) is 1. The number of carbonyl (C=O) groups is 1. The third kappa shape index (κ3) is 6.90. The van der Waals surface area contributed by atoms with E-state index in [0.29, 0.717) is 12.2 Å². The van der Waals surface area contributed by atoms with Crippen LogP contribution in [0.2, 0.25) is 0 Å². The molecule has 5 rings (SSSR count). The van der Waals surface area contributed by atoms with Gasteiger partial charge in [0.05, 0.1) is 6.21 Å². The van der Waals surface area contributed by atoms with Crippen molar-refractivity contribution in [2.75, 3.05) is 0 Å². The maximum absolute atomic E-state index is 12.5. The Balaban J connectivity index is 1.08. The van der Waals surface area contributed by atoms with Crippen molar-refractivity contribution in [1.29, 1.82) is 0 Å². The summed E-state index contributed by atoms with van der Waals surface area (Å²) in [4.78, 5) is 12.5. The third-order valence-electron chi connectivity index (χ3n) is 6.13. The Hall–Kier alpha value is -4.35. The fourth-order valence-electron chi connectivity index (χ4n) is 4.07. The number of benzene rings is 5. The van der Waals surface area contributed by atoms with Crippen molar-refractivity contribution < 1.29 is 9.53 Å². The summed E-state index contributed by atoms with van der Waals surface area (Å²) >= 11 is 1.86. The Morgan fingerprint density at radius 1 is 0.737 bits per heavy atom. The zero-order chi connectivity index (χ0) is 26.0. The highest BCUT2D eigenvalue weighted by Crippen LogP contribution is 2.21. The van der Waals surface area contributed by atoms with Crippen LogP contribution >= 0.6 is 11.8 Å². The highest BCUT2D eigenvalue weighted by Gasteiger charge is 2.05. The normalized spacial score (nSPS) is 11.1. The molecule has 5 aromatic rings. The molecule has 5 heteroatoms. The maximum atomic E-state index is 12.5. The van der Waals surface area contributed by atoms with Crippen molar-refractivity contribution in [1.82, 2.24) is 5.43 Å². The van der Waals surface area contributed by atoms with Crippen LogP contribution in [0.1, 0.15) is 32.6 Å². The molecule has 0 bridgehead atoms. The van der Waals surface area contributed by atoms with Gasteiger partial charge in [-0.05, 0) is 69.4 Å². The van der Waals surface area contributed by atoms with E-state index in [1.165, 1.54) is 21.9 Å². The summed E-state index contributed by atoms with van der Waals surface area (Å²) < 4.78 is 6.00. The molecule has 0 radical (unpaired) electrons. The van der Waals surface area contributed by atoms with Gasteiger partial charge in [0, 0.05) is 17.1 Å². The monoisotopic (exact) mass is 516 g/mol. The smallest absolute Gasteiger partial charge is 0.271 e. The zero-order valence-corrected chi connectivity index (χ0v) is 21.7. The third-order valence-corrected chi connectivity index (χ3v) is 7.21. The molecule has 0 saturated heterocycles. The highest BCUT2D eigenvalue weighted by atomic mass is 32.2. The summed E-state index contributed by atoms with van der Waals surface area (Å²) in [6, 6.07) is 40.3. The Kier molecular flexibility index (Phi) is 8.49. The molecule has 0 saturated carbocycles. The molecule has 0 atom stereocenters. The van der Waals surface area contributed by atoms with Gasteiger partial charge in [0.25, 0.3) is 5.91 Å². The van der Waals surface area contributed by atoms with Gasteiger partial charge in [0.1, 0.15) is 12.4 Å². The fraction of sp³-hybridized carbons (Fsp3) is 0.0909. The minimum Gasteiger partial charge on any atom is -0.489 e. The second kappa shape index (κ2) is 12.7. The Morgan fingerprint density at radius 2 is 1.42 bits per heavy atom. The second-order valence-electron chi connectivity index (χ2n) is 8.87. The van der Waals surface area contributed by atoms with Gasteiger partial charge in [-0.2, -0.15) is 16.9 Å². The van der Waals surface area contributed by atoms with E-state index in [1.54, 1.807) is 6.21 Å². The van der Waals surface area contributed by atoms with Crippen molar-refractivity contribution in [3.8, 4) is 5.75 Å². The van der Waals surface area contributed by atoms with Gasteiger partial charge in [-0.3, -0.25) is 4.79 Å². The van der Waals surface area contributed by atoms with Crippen LogP contribution in [-0.4, -0.2) is 12.1 Å². The molecule has 0 heterocycles. The standard InChI is InChI=1S/C33H28N2O2S/c36-33(29-17-13-27(14-18-29)24-38-23-26-7-2-1-3-8-26)35-34-21-25-15-19-31(20-16-25)37-22-30-11-6-10-28-9-4-5-12-32(28)30/h1-21H,22-24H2,(H,35,36)/b34-21-. The second-order valence-corrected chi connectivity index (χ2v) is 9.86. The van der Waals surface area contributed by atoms with Crippen molar-refractivity contribution in [2.24, 2.45) is 5.10 Å². The van der Waals surface area contributed by atoms with Crippen molar-refractivity contribution in [2.45, 2.75) is 18.1 Å². The lowest BCUT2D eigenvalue weighted by atomic mass is 10.1. The van der Waals surface area contributed by atoms with E-state index < -0.39 is 0 Å². The number of hydrogen-bond acceptors (Lipinski definition) is 4. The average molecular weight is 517 g/mol. The van der Waals surface area contributed by atoms with Crippen LogP contribution < -0.4 is 10.2 Å². The lowest BCUT2D eigenvalue weighted by Gasteiger charge is -2.09. The van der Waals surface area contributed by atoms with Crippen LogP contribution in [-0.2, 0) is 18.1 Å². The number of ether oxygens (including phenoxy) is 1. The van der Waals surface area contributed by atoms with Gasteiger partial charge in [-0.15, -0.1) is 0 Å². The Morgan fingerprint density at radius 3 is 2.21 bits per heavy atom. The van der Waals surface area contributed by atoms with E-state index >= 15 is 0 Å². The van der Waals surface area contributed by atoms with Crippen LogP contribution in [0.4, 0.5) is 0 Å². The SMILES string of the molecule is O=C(N/N=C\c1ccc(OCc2cccc3ccccc23)cc1)c1ccc(CSCc2ccccc2)cc1. The fourth-order valence-corrected chi connectivity index (χ4v) is 5.03. The van der Waals surface area contributed by atoms with Gasteiger partial charge in [0.2, 0.25) is 0 Å². The molecule has 5 aromatic carbocycles. The number of nitrogens with one attached hydrogen (secondary N) is 1. The minimum atomic E-state index is -0.236.